The van der Waals surface area contributed by atoms with Crippen molar-refractivity contribution < 1.29 is 33.0 Å². The summed E-state index contributed by atoms with van der Waals surface area (Å²) in [5, 5.41) is 8.87. The van der Waals surface area contributed by atoms with Crippen LogP contribution in [0.3, 0.4) is 0 Å². The van der Waals surface area contributed by atoms with Crippen LogP contribution in [0.2, 0.25) is 0 Å². The van der Waals surface area contributed by atoms with E-state index in [1.165, 1.54) is 12.1 Å². The molecule has 1 rings (SSSR count). The van der Waals surface area contributed by atoms with Crippen LogP contribution in [0.5, 0.6) is 0 Å². The molecule has 0 saturated carbocycles. The fourth-order valence-corrected chi connectivity index (χ4v) is 2.66. The Kier molecular flexibility index (Phi) is 5.56. The van der Waals surface area contributed by atoms with Gasteiger partial charge in [0.2, 0.25) is 0 Å². The minimum absolute atomic E-state index is 0.353. The number of halogens is 2. The molecule has 3 N–H and O–H groups in total. The van der Waals surface area contributed by atoms with Gasteiger partial charge >= 0.3 is 13.6 Å². The second-order valence-electron chi connectivity index (χ2n) is 3.81. The molecule has 6 nitrogen and oxygen atoms in total. The molecular formula is C10H12F2NO5P. The normalized spacial score (nSPS) is 14.9. The van der Waals surface area contributed by atoms with Crippen LogP contribution in [-0.4, -0.2) is 23.3 Å². The average Bonchev–Trinajstić information content (AvgIpc) is 2.44. The van der Waals surface area contributed by atoms with Crippen molar-refractivity contribution in [1.29, 1.82) is 0 Å². The van der Waals surface area contributed by atoms with E-state index in [-0.39, 0.29) is 0 Å². The van der Waals surface area contributed by atoms with E-state index in [0.717, 1.165) is 0 Å². The van der Waals surface area contributed by atoms with Crippen LogP contribution < -0.4 is 5.73 Å². The smallest absolute Gasteiger partial charge is 0.395 e. The van der Waals surface area contributed by atoms with Crippen molar-refractivity contribution in [3.8, 4) is 0 Å². The number of hydrogen-bond acceptors (Lipinski definition) is 5. The molecule has 0 aromatic heterocycles. The maximum atomic E-state index is 12.1. The minimum Gasteiger partial charge on any atom is -0.480 e. The Bertz CT molecular complexity index is 464. The molecule has 1 aromatic rings. The summed E-state index contributed by atoms with van der Waals surface area (Å²) in [5.74, 6) is -2.53. The highest BCUT2D eigenvalue weighted by atomic mass is 31.2. The van der Waals surface area contributed by atoms with Crippen molar-refractivity contribution in [1.82, 2.24) is 0 Å². The lowest BCUT2D eigenvalue weighted by Gasteiger charge is -2.22. The molecule has 0 spiro atoms. The third-order valence-corrected chi connectivity index (χ3v) is 3.84. The number of carboxylic acids is 1. The van der Waals surface area contributed by atoms with Crippen LogP contribution in [0, 0.1) is 0 Å². The van der Waals surface area contributed by atoms with Gasteiger partial charge in [0.25, 0.3) is 0 Å². The topological polar surface area (TPSA) is 98.9 Å². The third-order valence-electron chi connectivity index (χ3n) is 2.58. The second kappa shape index (κ2) is 6.72. The molecule has 0 aliphatic heterocycles. The Hall–Kier alpha value is -1.34. The standard InChI is InChI=1S/C10H12F2NO5P/c11-17-19(16,18-12)6-8(9(13)10(14)15)7-4-2-1-3-5-7/h1-5,8-9H,6,13H2,(H,14,15). The van der Waals surface area contributed by atoms with E-state index < -0.39 is 31.7 Å². The summed E-state index contributed by atoms with van der Waals surface area (Å²) in [7, 11) is -4.67. The highest BCUT2D eigenvalue weighted by Crippen LogP contribution is 2.52. The van der Waals surface area contributed by atoms with Gasteiger partial charge < -0.3 is 10.8 Å². The maximum Gasteiger partial charge on any atom is 0.395 e. The van der Waals surface area contributed by atoms with Gasteiger partial charge in [-0.05, 0) is 14.6 Å². The lowest BCUT2D eigenvalue weighted by atomic mass is 9.94. The molecule has 2 atom stereocenters. The largest absolute Gasteiger partial charge is 0.480 e. The minimum atomic E-state index is -4.67. The third kappa shape index (κ3) is 4.07. The van der Waals surface area contributed by atoms with E-state index >= 15 is 0 Å². The van der Waals surface area contributed by atoms with E-state index in [9.17, 15) is 18.4 Å². The molecule has 0 saturated heterocycles. The zero-order valence-corrected chi connectivity index (χ0v) is 10.5. The molecule has 0 amide bonds. The SMILES string of the molecule is NC(C(=O)O)C(CP(=O)(OF)OF)c1ccccc1. The maximum absolute atomic E-state index is 12.1. The van der Waals surface area contributed by atoms with Crippen LogP contribution in [-0.2, 0) is 18.8 Å². The first-order valence-corrected chi connectivity index (χ1v) is 6.89. The van der Waals surface area contributed by atoms with Crippen molar-refractivity contribution in [2.45, 2.75) is 12.0 Å². The van der Waals surface area contributed by atoms with E-state index in [4.69, 9.17) is 10.8 Å². The predicted molar refractivity (Wildman–Crippen MR) is 61.7 cm³/mol. The molecule has 1 aromatic carbocycles. The quantitative estimate of drug-likeness (QED) is 0.748. The average molecular weight is 295 g/mol. The Morgan fingerprint density at radius 1 is 1.32 bits per heavy atom. The van der Waals surface area contributed by atoms with Crippen LogP contribution in [0.25, 0.3) is 0 Å². The number of nitrogens with two attached hydrogens (primary N) is 1. The van der Waals surface area contributed by atoms with E-state index in [0.29, 0.717) is 5.56 Å². The van der Waals surface area contributed by atoms with Gasteiger partial charge in [-0.15, -0.1) is 9.46 Å². The lowest BCUT2D eigenvalue weighted by Crippen LogP contribution is -2.38. The fourth-order valence-electron chi connectivity index (χ4n) is 1.61. The first-order valence-electron chi connectivity index (χ1n) is 5.16. The molecule has 106 valence electrons. The number of carbonyl (C=O) groups is 1. The summed E-state index contributed by atoms with van der Waals surface area (Å²) >= 11 is 0. The van der Waals surface area contributed by atoms with Crippen LogP contribution in [0.1, 0.15) is 11.5 Å². The number of benzene rings is 1. The van der Waals surface area contributed by atoms with Gasteiger partial charge in [-0.2, -0.15) is 0 Å². The monoisotopic (exact) mass is 295 g/mol. The van der Waals surface area contributed by atoms with Crippen LogP contribution in [0.4, 0.5) is 9.05 Å². The molecule has 0 bridgehead atoms. The van der Waals surface area contributed by atoms with Crippen molar-refractivity contribution in [3.05, 3.63) is 35.9 Å². The fraction of sp³-hybridized carbons (Fsp3) is 0.300. The summed E-state index contributed by atoms with van der Waals surface area (Å²) < 4.78 is 41.5. The second-order valence-corrected chi connectivity index (χ2v) is 5.68. The van der Waals surface area contributed by atoms with Crippen LogP contribution in [0.15, 0.2) is 30.3 Å². The van der Waals surface area contributed by atoms with Gasteiger partial charge in [-0.3, -0.25) is 9.36 Å². The zero-order valence-electron chi connectivity index (χ0n) is 9.61. The Balaban J connectivity index is 3.07. The Morgan fingerprint density at radius 2 is 1.84 bits per heavy atom. The van der Waals surface area contributed by atoms with E-state index in [1.54, 1.807) is 18.2 Å². The summed E-state index contributed by atoms with van der Waals surface area (Å²) in [6.45, 7) is 0. The van der Waals surface area contributed by atoms with Crippen molar-refractivity contribution in [3.63, 3.8) is 0 Å². The molecule has 0 heterocycles. The molecule has 2 unspecified atom stereocenters. The van der Waals surface area contributed by atoms with Gasteiger partial charge in [-0.1, -0.05) is 30.3 Å². The van der Waals surface area contributed by atoms with Crippen molar-refractivity contribution >= 4 is 13.6 Å². The van der Waals surface area contributed by atoms with Gasteiger partial charge in [0.15, 0.2) is 0 Å². The Labute approximate surface area is 107 Å². The molecule has 9 heteroatoms. The van der Waals surface area contributed by atoms with E-state index in [2.05, 4.69) is 9.46 Å². The van der Waals surface area contributed by atoms with Gasteiger partial charge in [0.1, 0.15) is 6.04 Å². The zero-order chi connectivity index (χ0) is 14.5. The van der Waals surface area contributed by atoms with Gasteiger partial charge in [0, 0.05) is 5.92 Å². The number of carboxylic acid groups (broad SMARTS) is 1. The molecule has 0 aliphatic carbocycles. The number of rotatable bonds is 7. The molecule has 0 radical (unpaired) electrons. The van der Waals surface area contributed by atoms with Gasteiger partial charge in [0.05, 0.1) is 6.16 Å². The predicted octanol–water partition coefficient (Wildman–Crippen LogP) is 2.18. The summed E-state index contributed by atoms with van der Waals surface area (Å²) in [6.07, 6.45) is -0.836. The molecule has 0 fully saturated rings. The van der Waals surface area contributed by atoms with E-state index in [1.807, 2.05) is 0 Å². The molecular weight excluding hydrogens is 283 g/mol. The summed E-state index contributed by atoms with van der Waals surface area (Å²) in [4.78, 5) is 10.9. The highest BCUT2D eigenvalue weighted by molar-refractivity contribution is 7.53. The Morgan fingerprint density at radius 3 is 2.26 bits per heavy atom. The molecule has 19 heavy (non-hydrogen) atoms. The summed E-state index contributed by atoms with van der Waals surface area (Å²) in [5.41, 5.74) is 5.79. The van der Waals surface area contributed by atoms with Crippen LogP contribution >= 0.6 is 7.60 Å². The first-order chi connectivity index (χ1) is 8.93. The van der Waals surface area contributed by atoms with Crippen molar-refractivity contribution in [2.24, 2.45) is 5.73 Å². The summed E-state index contributed by atoms with van der Waals surface area (Å²) in [6, 6.07) is 6.29. The molecule has 0 aliphatic rings. The highest BCUT2D eigenvalue weighted by Gasteiger charge is 2.37. The van der Waals surface area contributed by atoms with Crippen molar-refractivity contribution in [2.75, 3.05) is 6.16 Å². The van der Waals surface area contributed by atoms with Gasteiger partial charge in [-0.25, -0.2) is 0 Å². The number of hydrogen-bond donors (Lipinski definition) is 2. The first kappa shape index (κ1) is 15.7. The lowest BCUT2D eigenvalue weighted by molar-refractivity contribution is -0.139. The number of aliphatic carboxylic acids is 1.